The summed E-state index contributed by atoms with van der Waals surface area (Å²) < 4.78 is 12.6. The molecule has 1 heterocycles. The molecule has 0 aliphatic rings. The molecule has 0 aliphatic carbocycles. The Labute approximate surface area is 103 Å². The zero-order valence-electron chi connectivity index (χ0n) is 11.4. The van der Waals surface area contributed by atoms with Crippen LogP contribution in [0.4, 0.5) is 0 Å². The maximum Gasteiger partial charge on any atom is 0.161 e. The van der Waals surface area contributed by atoms with Gasteiger partial charge in [0.05, 0.1) is 31.1 Å². The van der Waals surface area contributed by atoms with Crippen molar-refractivity contribution in [3.8, 4) is 5.75 Å². The molecule has 0 spiro atoms. The van der Waals surface area contributed by atoms with Gasteiger partial charge in [-0.25, -0.2) is 0 Å². The van der Waals surface area contributed by atoms with Crippen LogP contribution in [0, 0.1) is 0 Å². The molecule has 1 aromatic heterocycles. The van der Waals surface area contributed by atoms with E-state index < -0.39 is 0 Å². The van der Waals surface area contributed by atoms with Crippen molar-refractivity contribution in [2.45, 2.75) is 32.4 Å². The van der Waals surface area contributed by atoms with Crippen LogP contribution in [0.15, 0.2) is 6.20 Å². The van der Waals surface area contributed by atoms with E-state index in [1.807, 2.05) is 18.7 Å². The van der Waals surface area contributed by atoms with Crippen LogP contribution in [0.25, 0.3) is 0 Å². The van der Waals surface area contributed by atoms with Crippen LogP contribution in [0.2, 0.25) is 0 Å². The Balaban J connectivity index is 2.98. The fourth-order valence-corrected chi connectivity index (χ4v) is 1.86. The molecule has 5 heteroatoms. The smallest absolute Gasteiger partial charge is 0.161 e. The first kappa shape index (κ1) is 14.0. The van der Waals surface area contributed by atoms with E-state index in [2.05, 4.69) is 17.3 Å². The van der Waals surface area contributed by atoms with E-state index >= 15 is 0 Å². The van der Waals surface area contributed by atoms with Gasteiger partial charge < -0.3 is 14.8 Å². The van der Waals surface area contributed by atoms with Gasteiger partial charge in [0.25, 0.3) is 0 Å². The minimum absolute atomic E-state index is 0.0610. The Morgan fingerprint density at radius 2 is 2.18 bits per heavy atom. The Morgan fingerprint density at radius 3 is 2.71 bits per heavy atom. The third-order valence-electron chi connectivity index (χ3n) is 2.92. The highest BCUT2D eigenvalue weighted by molar-refractivity contribution is 5.29. The van der Waals surface area contributed by atoms with Crippen molar-refractivity contribution in [3.63, 3.8) is 0 Å². The maximum absolute atomic E-state index is 5.43. The minimum Gasteiger partial charge on any atom is -0.493 e. The van der Waals surface area contributed by atoms with Crippen LogP contribution < -0.4 is 10.1 Å². The topological polar surface area (TPSA) is 48.3 Å². The lowest BCUT2D eigenvalue weighted by Gasteiger charge is -2.25. The highest BCUT2D eigenvalue weighted by Crippen LogP contribution is 2.27. The summed E-state index contributed by atoms with van der Waals surface area (Å²) >= 11 is 0. The lowest BCUT2D eigenvalue weighted by Crippen LogP contribution is -2.33. The standard InChI is InChI=1S/C12H23N3O2/c1-6-7-13-11(9(2)16-4)12-10(17-5)8-14-15(12)3/h8-9,11,13H,6-7H2,1-5H3. The van der Waals surface area contributed by atoms with E-state index in [0.717, 1.165) is 24.4 Å². The predicted molar refractivity (Wildman–Crippen MR) is 67.3 cm³/mol. The summed E-state index contributed by atoms with van der Waals surface area (Å²) in [6.07, 6.45) is 2.87. The molecule has 1 aromatic rings. The first-order valence-electron chi connectivity index (χ1n) is 5.97. The number of hydrogen-bond donors (Lipinski definition) is 1. The lowest BCUT2D eigenvalue weighted by atomic mass is 10.1. The first-order valence-corrected chi connectivity index (χ1v) is 5.97. The molecule has 0 aliphatic heterocycles. The van der Waals surface area contributed by atoms with Crippen molar-refractivity contribution >= 4 is 0 Å². The van der Waals surface area contributed by atoms with Crippen molar-refractivity contribution in [3.05, 3.63) is 11.9 Å². The fourth-order valence-electron chi connectivity index (χ4n) is 1.86. The lowest BCUT2D eigenvalue weighted by molar-refractivity contribution is 0.0793. The van der Waals surface area contributed by atoms with Gasteiger partial charge in [0.15, 0.2) is 5.75 Å². The third kappa shape index (κ3) is 3.20. The second-order valence-corrected chi connectivity index (χ2v) is 4.09. The molecule has 2 unspecified atom stereocenters. The molecule has 98 valence electrons. The summed E-state index contributed by atoms with van der Waals surface area (Å²) in [6.45, 7) is 5.12. The molecule has 1 rings (SSSR count). The quantitative estimate of drug-likeness (QED) is 0.786. The van der Waals surface area contributed by atoms with Crippen molar-refractivity contribution in [1.29, 1.82) is 0 Å². The Hall–Kier alpha value is -1.07. The van der Waals surface area contributed by atoms with Gasteiger partial charge in [0.1, 0.15) is 0 Å². The summed E-state index contributed by atoms with van der Waals surface area (Å²) in [5.41, 5.74) is 1.02. The van der Waals surface area contributed by atoms with E-state index in [9.17, 15) is 0 Å². The number of methoxy groups -OCH3 is 2. The van der Waals surface area contributed by atoms with E-state index in [1.54, 1.807) is 20.4 Å². The van der Waals surface area contributed by atoms with Crippen LogP contribution in [-0.2, 0) is 11.8 Å². The summed E-state index contributed by atoms with van der Waals surface area (Å²) in [5, 5.41) is 7.70. The molecule has 0 aromatic carbocycles. The Bertz CT molecular complexity index is 338. The van der Waals surface area contributed by atoms with Crippen LogP contribution in [0.1, 0.15) is 32.0 Å². The summed E-state index contributed by atoms with van der Waals surface area (Å²) in [5.74, 6) is 0.796. The second-order valence-electron chi connectivity index (χ2n) is 4.09. The molecule has 5 nitrogen and oxygen atoms in total. The average molecular weight is 241 g/mol. The van der Waals surface area contributed by atoms with Crippen molar-refractivity contribution in [2.75, 3.05) is 20.8 Å². The number of rotatable bonds is 7. The van der Waals surface area contributed by atoms with Gasteiger partial charge in [-0.3, -0.25) is 4.68 Å². The second kappa shape index (κ2) is 6.61. The highest BCUT2D eigenvalue weighted by Gasteiger charge is 2.25. The van der Waals surface area contributed by atoms with E-state index in [-0.39, 0.29) is 12.1 Å². The summed E-state index contributed by atoms with van der Waals surface area (Å²) in [4.78, 5) is 0. The minimum atomic E-state index is 0.0610. The molecule has 0 bridgehead atoms. The van der Waals surface area contributed by atoms with Gasteiger partial charge in [-0.05, 0) is 19.9 Å². The zero-order valence-corrected chi connectivity index (χ0v) is 11.4. The average Bonchev–Trinajstić information content (AvgIpc) is 2.71. The Kier molecular flexibility index (Phi) is 5.44. The molecule has 17 heavy (non-hydrogen) atoms. The zero-order chi connectivity index (χ0) is 12.8. The van der Waals surface area contributed by atoms with Crippen molar-refractivity contribution in [1.82, 2.24) is 15.1 Å². The van der Waals surface area contributed by atoms with Gasteiger partial charge >= 0.3 is 0 Å². The SMILES string of the molecule is CCCNC(c1c(OC)cnn1C)C(C)OC. The fraction of sp³-hybridized carbons (Fsp3) is 0.750. The van der Waals surface area contributed by atoms with E-state index in [0.29, 0.717) is 0 Å². The Morgan fingerprint density at radius 1 is 1.47 bits per heavy atom. The highest BCUT2D eigenvalue weighted by atomic mass is 16.5. The molecule has 0 radical (unpaired) electrons. The molecule has 0 fully saturated rings. The molecule has 2 atom stereocenters. The number of aromatic nitrogens is 2. The normalized spacial score (nSPS) is 14.6. The number of aryl methyl sites for hydroxylation is 1. The largest absolute Gasteiger partial charge is 0.493 e. The van der Waals surface area contributed by atoms with Crippen molar-refractivity contribution in [2.24, 2.45) is 7.05 Å². The van der Waals surface area contributed by atoms with Crippen molar-refractivity contribution < 1.29 is 9.47 Å². The van der Waals surface area contributed by atoms with Gasteiger partial charge in [-0.2, -0.15) is 5.10 Å². The van der Waals surface area contributed by atoms with Crippen LogP contribution in [-0.4, -0.2) is 36.6 Å². The van der Waals surface area contributed by atoms with Gasteiger partial charge in [-0.15, -0.1) is 0 Å². The van der Waals surface area contributed by atoms with Gasteiger partial charge in [0.2, 0.25) is 0 Å². The molecule has 0 amide bonds. The van der Waals surface area contributed by atoms with E-state index in [1.165, 1.54) is 0 Å². The molecular weight excluding hydrogens is 218 g/mol. The predicted octanol–water partition coefficient (Wildman–Crippen LogP) is 1.50. The number of nitrogens with zero attached hydrogens (tertiary/aromatic N) is 2. The van der Waals surface area contributed by atoms with Crippen LogP contribution in [0.5, 0.6) is 5.75 Å². The monoisotopic (exact) mass is 241 g/mol. The maximum atomic E-state index is 5.43. The van der Waals surface area contributed by atoms with Crippen LogP contribution in [0.3, 0.4) is 0 Å². The number of hydrogen-bond acceptors (Lipinski definition) is 4. The van der Waals surface area contributed by atoms with Crippen LogP contribution >= 0.6 is 0 Å². The van der Waals surface area contributed by atoms with Gasteiger partial charge in [0, 0.05) is 14.2 Å². The molecule has 0 saturated heterocycles. The molecule has 1 N–H and O–H groups in total. The number of nitrogens with one attached hydrogen (secondary N) is 1. The molecular formula is C12H23N3O2. The summed E-state index contributed by atoms with van der Waals surface area (Å²) in [6, 6.07) is 0.0856. The molecule has 0 saturated carbocycles. The van der Waals surface area contributed by atoms with Gasteiger partial charge in [-0.1, -0.05) is 6.92 Å². The third-order valence-corrected chi connectivity index (χ3v) is 2.92. The number of ether oxygens (including phenoxy) is 2. The summed E-state index contributed by atoms with van der Waals surface area (Å²) in [7, 11) is 5.30. The first-order chi connectivity index (χ1) is 8.15. The van der Waals surface area contributed by atoms with E-state index in [4.69, 9.17) is 9.47 Å².